The van der Waals surface area contributed by atoms with E-state index in [1.807, 2.05) is 70.2 Å². The van der Waals surface area contributed by atoms with Crippen LogP contribution in [0, 0.1) is 25.2 Å². The molecule has 0 aliphatic carbocycles. The Labute approximate surface area is 229 Å². The molecule has 1 amide bonds. The number of thiazole rings is 1. The number of amides is 1. The number of carbonyl (C=O) groups excluding carboxylic acids is 1. The van der Waals surface area contributed by atoms with Crippen LogP contribution in [0.15, 0.2) is 71.5 Å². The zero-order valence-corrected chi connectivity index (χ0v) is 23.0. The molecule has 38 heavy (non-hydrogen) atoms. The lowest BCUT2D eigenvalue weighted by Crippen LogP contribution is -2.32. The van der Waals surface area contributed by atoms with Crippen molar-refractivity contribution in [2.45, 2.75) is 33.8 Å². The standard InChI is InChI=1S/C30H26ClN3O3S/c1-18(2)37-26-12-8-5-9-21(26)16-27-29(36)34(22-14-13-19(3)20(4)15-22)30(38-27)23(17-32)28(35)33-25-11-7-6-10-24(25)31/h5-16,18H,1-4H3,(H,33,35). The number of nitrogens with zero attached hydrogens (tertiary/aromatic N) is 2. The highest BCUT2D eigenvalue weighted by molar-refractivity contribution is 7.07. The van der Waals surface area contributed by atoms with Crippen LogP contribution in [0.25, 0.3) is 17.3 Å². The Balaban J connectivity index is 2.00. The maximum atomic E-state index is 13.8. The predicted octanol–water partition coefficient (Wildman–Crippen LogP) is 5.10. The van der Waals surface area contributed by atoms with Crippen molar-refractivity contribution in [3.8, 4) is 17.5 Å². The molecule has 4 rings (SSSR count). The number of anilines is 1. The maximum Gasteiger partial charge on any atom is 0.273 e. The van der Waals surface area contributed by atoms with Crippen LogP contribution in [0.3, 0.4) is 0 Å². The fraction of sp³-hybridized carbons (Fsp3) is 0.167. The van der Waals surface area contributed by atoms with Gasteiger partial charge in [-0.2, -0.15) is 5.26 Å². The molecule has 0 fully saturated rings. The number of rotatable bonds is 6. The smallest absolute Gasteiger partial charge is 0.273 e. The van der Waals surface area contributed by atoms with Crippen LogP contribution in [0.4, 0.5) is 5.69 Å². The van der Waals surface area contributed by atoms with E-state index >= 15 is 0 Å². The summed E-state index contributed by atoms with van der Waals surface area (Å²) in [7, 11) is 0. The van der Waals surface area contributed by atoms with Gasteiger partial charge in [-0.1, -0.05) is 48.0 Å². The Kier molecular flexibility index (Phi) is 8.16. The average Bonchev–Trinajstić information content (AvgIpc) is 3.19. The molecule has 0 aliphatic heterocycles. The lowest BCUT2D eigenvalue weighted by atomic mass is 10.1. The molecule has 0 radical (unpaired) electrons. The summed E-state index contributed by atoms with van der Waals surface area (Å²) in [6.45, 7) is 7.78. The molecule has 0 saturated carbocycles. The molecule has 0 atom stereocenters. The highest BCUT2D eigenvalue weighted by atomic mass is 35.5. The maximum absolute atomic E-state index is 13.8. The second-order valence-electron chi connectivity index (χ2n) is 8.95. The first-order chi connectivity index (χ1) is 18.2. The summed E-state index contributed by atoms with van der Waals surface area (Å²) >= 11 is 7.29. The van der Waals surface area contributed by atoms with Gasteiger partial charge in [0.2, 0.25) is 0 Å². The van der Waals surface area contributed by atoms with E-state index in [2.05, 4.69) is 5.32 Å². The number of ether oxygens (including phenoxy) is 1. The molecular weight excluding hydrogens is 518 g/mol. The average molecular weight is 544 g/mol. The van der Waals surface area contributed by atoms with Gasteiger partial charge in [0.05, 0.1) is 27.0 Å². The molecule has 6 nitrogen and oxygen atoms in total. The van der Waals surface area contributed by atoms with E-state index < -0.39 is 5.91 Å². The van der Waals surface area contributed by atoms with Gasteiger partial charge in [0.15, 0.2) is 5.57 Å². The third-order valence-electron chi connectivity index (χ3n) is 5.82. The minimum absolute atomic E-state index is 0.0531. The van der Waals surface area contributed by atoms with E-state index in [4.69, 9.17) is 16.3 Å². The first kappa shape index (κ1) is 26.9. The third-order valence-corrected chi connectivity index (χ3v) is 7.24. The van der Waals surface area contributed by atoms with Crippen LogP contribution >= 0.6 is 22.9 Å². The van der Waals surface area contributed by atoms with Crippen LogP contribution < -0.4 is 24.8 Å². The normalized spacial score (nSPS) is 12.3. The molecule has 0 spiro atoms. The number of hydrogen-bond acceptors (Lipinski definition) is 5. The molecular formula is C30H26ClN3O3S. The number of benzene rings is 3. The largest absolute Gasteiger partial charge is 0.490 e. The lowest BCUT2D eigenvalue weighted by molar-refractivity contribution is -0.111. The highest BCUT2D eigenvalue weighted by Gasteiger charge is 2.18. The Bertz CT molecular complexity index is 1750. The quantitative estimate of drug-likeness (QED) is 0.367. The van der Waals surface area contributed by atoms with Crippen LogP contribution in [-0.4, -0.2) is 16.6 Å². The Hall–Kier alpha value is -4.12. The summed E-state index contributed by atoms with van der Waals surface area (Å²) in [4.78, 5) is 27.1. The fourth-order valence-electron chi connectivity index (χ4n) is 3.79. The number of nitrogens with one attached hydrogen (secondary N) is 1. The summed E-state index contributed by atoms with van der Waals surface area (Å²) in [5.74, 6) is -0.0231. The van der Waals surface area contributed by atoms with Crippen LogP contribution in [0.2, 0.25) is 5.02 Å². The van der Waals surface area contributed by atoms with Crippen molar-refractivity contribution in [1.82, 2.24) is 4.57 Å². The number of aryl methyl sites for hydroxylation is 2. The number of hydrogen-bond donors (Lipinski definition) is 1. The van der Waals surface area contributed by atoms with Gasteiger partial charge in [-0.25, -0.2) is 0 Å². The summed E-state index contributed by atoms with van der Waals surface area (Å²) < 4.78 is 7.92. The van der Waals surface area contributed by atoms with Crippen molar-refractivity contribution >= 4 is 46.2 Å². The molecule has 1 aromatic heterocycles. The zero-order chi connectivity index (χ0) is 27.4. The third kappa shape index (κ3) is 5.72. The Morgan fingerprint density at radius 2 is 1.79 bits per heavy atom. The van der Waals surface area contributed by atoms with Crippen molar-refractivity contribution in [3.63, 3.8) is 0 Å². The number of nitriles is 1. The zero-order valence-electron chi connectivity index (χ0n) is 21.4. The molecule has 8 heteroatoms. The molecule has 1 N–H and O–H groups in total. The minimum Gasteiger partial charge on any atom is -0.490 e. The first-order valence-electron chi connectivity index (χ1n) is 12.0. The van der Waals surface area contributed by atoms with Gasteiger partial charge in [-0.3, -0.25) is 14.2 Å². The van der Waals surface area contributed by atoms with Crippen molar-refractivity contribution in [1.29, 1.82) is 5.26 Å². The van der Waals surface area contributed by atoms with Crippen LogP contribution in [0.5, 0.6) is 5.75 Å². The van der Waals surface area contributed by atoms with Gasteiger partial charge in [-0.15, -0.1) is 11.3 Å². The first-order valence-corrected chi connectivity index (χ1v) is 13.2. The number of aromatic nitrogens is 1. The van der Waals surface area contributed by atoms with Gasteiger partial charge in [0.1, 0.15) is 16.5 Å². The lowest BCUT2D eigenvalue weighted by Gasteiger charge is -2.11. The number of halogens is 1. The van der Waals surface area contributed by atoms with E-state index in [0.717, 1.165) is 28.0 Å². The highest BCUT2D eigenvalue weighted by Crippen LogP contribution is 2.22. The Morgan fingerprint density at radius 3 is 2.47 bits per heavy atom. The molecule has 0 saturated heterocycles. The van der Waals surface area contributed by atoms with Crippen LogP contribution in [0.1, 0.15) is 30.5 Å². The monoisotopic (exact) mass is 543 g/mol. The van der Waals surface area contributed by atoms with Crippen molar-refractivity contribution in [2.24, 2.45) is 0 Å². The van der Waals surface area contributed by atoms with E-state index in [-0.39, 0.29) is 21.9 Å². The van der Waals surface area contributed by atoms with Gasteiger partial charge in [0, 0.05) is 5.56 Å². The molecule has 0 unspecified atom stereocenters. The molecule has 192 valence electrons. The molecule has 0 bridgehead atoms. The van der Waals surface area contributed by atoms with Crippen molar-refractivity contribution in [2.75, 3.05) is 5.32 Å². The van der Waals surface area contributed by atoms with Gasteiger partial charge >= 0.3 is 0 Å². The minimum atomic E-state index is -0.658. The van der Waals surface area contributed by atoms with E-state index in [1.54, 1.807) is 36.4 Å². The summed E-state index contributed by atoms with van der Waals surface area (Å²) in [6.07, 6.45) is 1.68. The summed E-state index contributed by atoms with van der Waals surface area (Å²) in [5.41, 5.74) is 3.15. The van der Waals surface area contributed by atoms with Gasteiger partial charge < -0.3 is 10.1 Å². The Morgan fingerprint density at radius 1 is 1.08 bits per heavy atom. The molecule has 3 aromatic carbocycles. The number of para-hydroxylation sites is 2. The summed E-state index contributed by atoms with van der Waals surface area (Å²) in [6, 6.07) is 21.8. The van der Waals surface area contributed by atoms with E-state index in [1.165, 1.54) is 4.57 Å². The van der Waals surface area contributed by atoms with E-state index in [9.17, 15) is 14.9 Å². The predicted molar refractivity (Wildman–Crippen MR) is 154 cm³/mol. The van der Waals surface area contributed by atoms with Gasteiger partial charge in [0.25, 0.3) is 11.5 Å². The second-order valence-corrected chi connectivity index (χ2v) is 10.4. The number of carbonyl (C=O) groups is 1. The second kappa shape index (κ2) is 11.5. The summed E-state index contributed by atoms with van der Waals surface area (Å²) in [5, 5.41) is 13.1. The molecule has 4 aromatic rings. The fourth-order valence-corrected chi connectivity index (χ4v) is 5.07. The van der Waals surface area contributed by atoms with E-state index in [0.29, 0.717) is 26.7 Å². The topological polar surface area (TPSA) is 84.1 Å². The molecule has 0 aliphatic rings. The molecule has 1 heterocycles. The van der Waals surface area contributed by atoms with Gasteiger partial charge in [-0.05, 0) is 75.2 Å². The SMILES string of the molecule is Cc1ccc(-n2c(=C(C#N)C(=O)Nc3ccccc3Cl)sc(=Cc3ccccc3OC(C)C)c2=O)cc1C. The van der Waals surface area contributed by atoms with Crippen LogP contribution in [-0.2, 0) is 4.79 Å². The van der Waals surface area contributed by atoms with Crippen molar-refractivity contribution < 1.29 is 9.53 Å². The van der Waals surface area contributed by atoms with Crippen molar-refractivity contribution in [3.05, 3.63) is 108 Å².